The van der Waals surface area contributed by atoms with Crippen molar-refractivity contribution in [3.05, 3.63) is 35.5 Å². The largest absolute Gasteiger partial charge is 0.475 e. The highest BCUT2D eigenvalue weighted by Crippen LogP contribution is 2.38. The van der Waals surface area contributed by atoms with E-state index in [1.165, 1.54) is 17.6 Å². The lowest BCUT2D eigenvalue weighted by atomic mass is 10.3. The highest BCUT2D eigenvalue weighted by Gasteiger charge is 2.25. The van der Waals surface area contributed by atoms with Crippen LogP contribution in [0.5, 0.6) is 0 Å². The van der Waals surface area contributed by atoms with E-state index in [0.717, 1.165) is 11.3 Å². The molecule has 0 unspecified atom stereocenters. The molecule has 0 atom stereocenters. The van der Waals surface area contributed by atoms with Crippen LogP contribution in [0.15, 0.2) is 18.3 Å². The maximum Gasteiger partial charge on any atom is 0.377 e. The zero-order valence-corrected chi connectivity index (χ0v) is 10.9. The van der Waals surface area contributed by atoms with Gasteiger partial charge in [0.15, 0.2) is 5.65 Å². The Morgan fingerprint density at radius 3 is 2.90 bits per heavy atom. The van der Waals surface area contributed by atoms with Crippen molar-refractivity contribution in [2.75, 3.05) is 0 Å². The van der Waals surface area contributed by atoms with Crippen LogP contribution in [-0.4, -0.2) is 45.9 Å². The van der Waals surface area contributed by atoms with Gasteiger partial charge in [0.2, 0.25) is 0 Å². The average Bonchev–Trinajstić information content (AvgIpc) is 3.07. The fourth-order valence-corrected chi connectivity index (χ4v) is 2.16. The third kappa shape index (κ3) is 2.22. The molecule has 0 bridgehead atoms. The second-order valence-corrected chi connectivity index (χ2v) is 5.02. The number of aromatic nitrogens is 7. The predicted molar refractivity (Wildman–Crippen MR) is 68.8 cm³/mol. The first-order valence-electron chi connectivity index (χ1n) is 6.55. The first-order valence-corrected chi connectivity index (χ1v) is 6.55. The topological polar surface area (TPSA) is 111 Å². The minimum atomic E-state index is -1.20. The fourth-order valence-electron chi connectivity index (χ4n) is 2.16. The van der Waals surface area contributed by atoms with Crippen LogP contribution >= 0.6 is 0 Å². The highest BCUT2D eigenvalue weighted by molar-refractivity contribution is 5.82. The number of hydrogen-bond donors (Lipinski definition) is 1. The molecule has 0 aliphatic heterocycles. The molecule has 21 heavy (non-hydrogen) atoms. The summed E-state index contributed by atoms with van der Waals surface area (Å²) < 4.78 is 1.73. The molecule has 1 saturated carbocycles. The van der Waals surface area contributed by atoms with E-state index in [1.54, 1.807) is 10.7 Å². The Hall–Kier alpha value is -2.84. The van der Waals surface area contributed by atoms with Gasteiger partial charge in [-0.3, -0.25) is 0 Å². The zero-order chi connectivity index (χ0) is 14.4. The standard InChI is InChI=1S/C12H11N7O2/c20-12(21)11-14-17-19(16-11)6-8-5-18-10(13-8)4-3-9(15-18)7-1-2-7/h3-5,7H,1-2,6H2,(H,20,21). The number of fused-ring (bicyclic) bond motifs is 1. The van der Waals surface area contributed by atoms with Crippen LogP contribution in [0, 0.1) is 0 Å². The van der Waals surface area contributed by atoms with Gasteiger partial charge in [-0.1, -0.05) is 0 Å². The van der Waals surface area contributed by atoms with Gasteiger partial charge < -0.3 is 5.11 Å². The van der Waals surface area contributed by atoms with Gasteiger partial charge in [0.1, 0.15) is 6.54 Å². The van der Waals surface area contributed by atoms with Crippen molar-refractivity contribution < 1.29 is 9.90 Å². The number of carboxylic acids is 1. The summed E-state index contributed by atoms with van der Waals surface area (Å²) in [7, 11) is 0. The van der Waals surface area contributed by atoms with Crippen molar-refractivity contribution in [2.45, 2.75) is 25.3 Å². The summed E-state index contributed by atoms with van der Waals surface area (Å²) in [4.78, 5) is 16.3. The molecule has 0 spiro atoms. The summed E-state index contributed by atoms with van der Waals surface area (Å²) in [6.07, 6.45) is 4.19. The third-order valence-corrected chi connectivity index (χ3v) is 3.33. The molecule has 1 N–H and O–H groups in total. The molecular weight excluding hydrogens is 274 g/mol. The summed E-state index contributed by atoms with van der Waals surface area (Å²) in [6, 6.07) is 3.93. The fraction of sp³-hybridized carbons (Fsp3) is 0.333. The zero-order valence-electron chi connectivity index (χ0n) is 10.9. The Balaban J connectivity index is 1.61. The summed E-state index contributed by atoms with van der Waals surface area (Å²) >= 11 is 0. The molecule has 9 nitrogen and oxygen atoms in total. The molecule has 0 radical (unpaired) electrons. The third-order valence-electron chi connectivity index (χ3n) is 3.33. The Morgan fingerprint density at radius 2 is 2.19 bits per heavy atom. The summed E-state index contributed by atoms with van der Waals surface area (Å²) in [5.41, 5.74) is 2.52. The molecule has 9 heteroatoms. The summed E-state index contributed by atoms with van der Waals surface area (Å²) in [5, 5.41) is 24.2. The van der Waals surface area contributed by atoms with Crippen molar-refractivity contribution in [2.24, 2.45) is 0 Å². The maximum absolute atomic E-state index is 10.7. The number of hydrogen-bond acceptors (Lipinski definition) is 6. The number of tetrazole rings is 1. The van der Waals surface area contributed by atoms with E-state index in [2.05, 4.69) is 25.5 Å². The first kappa shape index (κ1) is 11.9. The van der Waals surface area contributed by atoms with Gasteiger partial charge >= 0.3 is 5.97 Å². The number of nitrogens with zero attached hydrogens (tertiary/aromatic N) is 7. The molecule has 1 aliphatic rings. The van der Waals surface area contributed by atoms with E-state index in [1.807, 2.05) is 12.1 Å². The van der Waals surface area contributed by atoms with Crippen LogP contribution in [-0.2, 0) is 6.54 Å². The van der Waals surface area contributed by atoms with Crippen LogP contribution in [0.4, 0.5) is 0 Å². The monoisotopic (exact) mass is 285 g/mol. The molecule has 0 aromatic carbocycles. The number of carboxylic acid groups (broad SMARTS) is 1. The van der Waals surface area contributed by atoms with Crippen molar-refractivity contribution >= 4 is 11.6 Å². The van der Waals surface area contributed by atoms with Crippen LogP contribution in [0.1, 0.15) is 40.8 Å². The van der Waals surface area contributed by atoms with Crippen molar-refractivity contribution in [1.29, 1.82) is 0 Å². The molecular formula is C12H11N7O2. The molecule has 106 valence electrons. The first-order chi connectivity index (χ1) is 10.2. The second-order valence-electron chi connectivity index (χ2n) is 5.02. The van der Waals surface area contributed by atoms with Gasteiger partial charge in [-0.25, -0.2) is 14.3 Å². The van der Waals surface area contributed by atoms with Crippen molar-refractivity contribution in [3.63, 3.8) is 0 Å². The molecule has 1 aliphatic carbocycles. The Kier molecular flexibility index (Phi) is 2.46. The summed E-state index contributed by atoms with van der Waals surface area (Å²) in [5.74, 6) is -0.949. The van der Waals surface area contributed by atoms with E-state index in [9.17, 15) is 4.79 Å². The minimum absolute atomic E-state index is 0.252. The van der Waals surface area contributed by atoms with Gasteiger partial charge in [0, 0.05) is 5.92 Å². The van der Waals surface area contributed by atoms with Gasteiger partial charge in [0.25, 0.3) is 5.82 Å². The number of imidazole rings is 1. The predicted octanol–water partition coefficient (Wildman–Crippen LogP) is 0.340. The quantitative estimate of drug-likeness (QED) is 0.735. The number of carbonyl (C=O) groups is 1. The van der Waals surface area contributed by atoms with Crippen LogP contribution < -0.4 is 0 Å². The Bertz CT molecular complexity index is 833. The van der Waals surface area contributed by atoms with Crippen molar-refractivity contribution in [1.82, 2.24) is 34.8 Å². The van der Waals surface area contributed by atoms with E-state index in [-0.39, 0.29) is 12.4 Å². The molecule has 3 heterocycles. The minimum Gasteiger partial charge on any atom is -0.475 e. The van der Waals surface area contributed by atoms with Gasteiger partial charge in [0.05, 0.1) is 17.6 Å². The molecule has 0 saturated heterocycles. The van der Waals surface area contributed by atoms with Gasteiger partial charge in [-0.15, -0.1) is 10.2 Å². The van der Waals surface area contributed by atoms with E-state index < -0.39 is 5.97 Å². The molecule has 3 aromatic heterocycles. The molecule has 0 amide bonds. The maximum atomic E-state index is 10.7. The van der Waals surface area contributed by atoms with Crippen molar-refractivity contribution in [3.8, 4) is 0 Å². The lowest BCUT2D eigenvalue weighted by Crippen LogP contribution is -2.06. The SMILES string of the molecule is O=C(O)c1nnn(Cc2cn3nc(C4CC4)ccc3n2)n1. The normalized spacial score (nSPS) is 14.7. The van der Waals surface area contributed by atoms with Gasteiger partial charge in [-0.05, 0) is 30.2 Å². The average molecular weight is 285 g/mol. The second kappa shape index (κ2) is 4.33. The van der Waals surface area contributed by atoms with Crippen LogP contribution in [0.25, 0.3) is 5.65 Å². The van der Waals surface area contributed by atoms with E-state index in [4.69, 9.17) is 5.11 Å². The number of rotatable bonds is 4. The van der Waals surface area contributed by atoms with Crippen LogP contribution in [0.3, 0.4) is 0 Å². The molecule has 1 fully saturated rings. The lowest BCUT2D eigenvalue weighted by Gasteiger charge is -1.96. The van der Waals surface area contributed by atoms with E-state index >= 15 is 0 Å². The van der Waals surface area contributed by atoms with Gasteiger partial charge in [-0.2, -0.15) is 9.90 Å². The van der Waals surface area contributed by atoms with E-state index in [0.29, 0.717) is 11.6 Å². The molecule has 4 rings (SSSR count). The highest BCUT2D eigenvalue weighted by atomic mass is 16.4. The van der Waals surface area contributed by atoms with Crippen LogP contribution in [0.2, 0.25) is 0 Å². The Labute approximate surface area is 118 Å². The number of aromatic carboxylic acids is 1. The smallest absolute Gasteiger partial charge is 0.377 e. The Morgan fingerprint density at radius 1 is 1.33 bits per heavy atom. The molecule has 3 aromatic rings. The lowest BCUT2D eigenvalue weighted by molar-refractivity contribution is 0.0683. The summed E-state index contributed by atoms with van der Waals surface area (Å²) in [6.45, 7) is 0.252.